The lowest BCUT2D eigenvalue weighted by atomic mass is 9.87. The number of aryl methyl sites for hydroxylation is 2. The second-order valence-corrected chi connectivity index (χ2v) is 6.79. The van der Waals surface area contributed by atoms with E-state index in [9.17, 15) is 0 Å². The smallest absolute Gasteiger partial charge is 0.0444 e. The normalized spacial score (nSPS) is 21.5. The van der Waals surface area contributed by atoms with E-state index < -0.39 is 0 Å². The van der Waals surface area contributed by atoms with E-state index in [1.54, 1.807) is 0 Å². The first-order chi connectivity index (χ1) is 9.78. The third kappa shape index (κ3) is 2.77. The van der Waals surface area contributed by atoms with Crippen molar-refractivity contribution in [1.82, 2.24) is 5.32 Å². The van der Waals surface area contributed by atoms with Gasteiger partial charge in [-0.15, -0.1) is 11.8 Å². The Kier molecular flexibility index (Phi) is 4.13. The van der Waals surface area contributed by atoms with Gasteiger partial charge in [-0.3, -0.25) is 0 Å². The number of hydrogen-bond acceptors (Lipinski definition) is 2. The van der Waals surface area contributed by atoms with Crippen molar-refractivity contribution in [1.29, 1.82) is 0 Å². The molecule has 0 saturated carbocycles. The van der Waals surface area contributed by atoms with Gasteiger partial charge < -0.3 is 5.32 Å². The fourth-order valence-corrected chi connectivity index (χ4v) is 4.29. The summed E-state index contributed by atoms with van der Waals surface area (Å²) in [7, 11) is 2.08. The van der Waals surface area contributed by atoms with Crippen molar-refractivity contribution in [2.24, 2.45) is 0 Å². The number of nitrogens with one attached hydrogen (secondary N) is 1. The first-order valence-electron chi connectivity index (χ1n) is 7.26. The van der Waals surface area contributed by atoms with Crippen LogP contribution in [0.3, 0.4) is 0 Å². The molecular formula is C18H21NS. The van der Waals surface area contributed by atoms with E-state index in [1.165, 1.54) is 34.4 Å². The van der Waals surface area contributed by atoms with Crippen molar-refractivity contribution < 1.29 is 0 Å². The molecule has 20 heavy (non-hydrogen) atoms. The van der Waals surface area contributed by atoms with Crippen LogP contribution in [0.5, 0.6) is 0 Å². The SMILES string of the molecule is CNC1c2ccccc2CCC1Sc1ccc(C)cc1. The topological polar surface area (TPSA) is 12.0 Å². The molecule has 0 radical (unpaired) electrons. The molecule has 1 nitrogen and oxygen atoms in total. The van der Waals surface area contributed by atoms with Gasteiger partial charge in [0.15, 0.2) is 0 Å². The largest absolute Gasteiger partial charge is 0.312 e. The zero-order chi connectivity index (χ0) is 13.9. The molecule has 0 heterocycles. The van der Waals surface area contributed by atoms with Gasteiger partial charge >= 0.3 is 0 Å². The second kappa shape index (κ2) is 6.02. The number of fused-ring (bicyclic) bond motifs is 1. The lowest BCUT2D eigenvalue weighted by Gasteiger charge is -2.33. The molecule has 0 fully saturated rings. The van der Waals surface area contributed by atoms with Crippen LogP contribution in [0.2, 0.25) is 0 Å². The van der Waals surface area contributed by atoms with Gasteiger partial charge in [0.25, 0.3) is 0 Å². The highest BCUT2D eigenvalue weighted by atomic mass is 32.2. The van der Waals surface area contributed by atoms with Crippen LogP contribution in [-0.4, -0.2) is 12.3 Å². The molecule has 2 aromatic carbocycles. The van der Waals surface area contributed by atoms with E-state index >= 15 is 0 Å². The van der Waals surface area contributed by atoms with Gasteiger partial charge in [0.1, 0.15) is 0 Å². The molecule has 2 unspecified atom stereocenters. The lowest BCUT2D eigenvalue weighted by Crippen LogP contribution is -2.32. The second-order valence-electron chi connectivity index (χ2n) is 5.47. The van der Waals surface area contributed by atoms with Gasteiger partial charge in [0.05, 0.1) is 0 Å². The molecule has 104 valence electrons. The van der Waals surface area contributed by atoms with Crippen LogP contribution in [-0.2, 0) is 6.42 Å². The predicted octanol–water partition coefficient (Wildman–Crippen LogP) is 4.36. The van der Waals surface area contributed by atoms with E-state index in [1.807, 2.05) is 11.8 Å². The van der Waals surface area contributed by atoms with Crippen molar-refractivity contribution in [3.8, 4) is 0 Å². The highest BCUT2D eigenvalue weighted by Gasteiger charge is 2.28. The maximum absolute atomic E-state index is 3.52. The summed E-state index contributed by atoms with van der Waals surface area (Å²) in [5.74, 6) is 0. The third-order valence-corrected chi connectivity index (χ3v) is 5.43. The summed E-state index contributed by atoms with van der Waals surface area (Å²) < 4.78 is 0. The van der Waals surface area contributed by atoms with Crippen LogP contribution in [0, 0.1) is 6.92 Å². The Morgan fingerprint density at radius 3 is 2.55 bits per heavy atom. The minimum Gasteiger partial charge on any atom is -0.312 e. The standard InChI is InChI=1S/C18H21NS/c1-13-7-10-15(11-8-13)20-17-12-9-14-5-3-4-6-16(14)18(17)19-2/h3-8,10-11,17-19H,9,12H2,1-2H3. The quantitative estimate of drug-likeness (QED) is 0.898. The predicted molar refractivity (Wildman–Crippen MR) is 87.4 cm³/mol. The third-order valence-electron chi connectivity index (χ3n) is 4.08. The fraction of sp³-hybridized carbons (Fsp3) is 0.333. The Labute approximate surface area is 125 Å². The average Bonchev–Trinajstić information content (AvgIpc) is 2.49. The highest BCUT2D eigenvalue weighted by molar-refractivity contribution is 8.00. The van der Waals surface area contributed by atoms with E-state index in [0.717, 1.165) is 0 Å². The molecule has 0 bridgehead atoms. The van der Waals surface area contributed by atoms with Crippen LogP contribution in [0.25, 0.3) is 0 Å². The van der Waals surface area contributed by atoms with Crippen LogP contribution < -0.4 is 5.32 Å². The maximum Gasteiger partial charge on any atom is 0.0444 e. The molecular weight excluding hydrogens is 262 g/mol. The fourth-order valence-electron chi connectivity index (χ4n) is 2.99. The molecule has 1 aliphatic rings. The van der Waals surface area contributed by atoms with Gasteiger partial charge in [0.2, 0.25) is 0 Å². The number of rotatable bonds is 3. The van der Waals surface area contributed by atoms with Gasteiger partial charge in [-0.1, -0.05) is 42.0 Å². The molecule has 0 aromatic heterocycles. The molecule has 2 atom stereocenters. The van der Waals surface area contributed by atoms with Gasteiger partial charge in [-0.25, -0.2) is 0 Å². The Balaban J connectivity index is 1.82. The molecule has 0 aliphatic heterocycles. The Hall–Kier alpha value is -1.25. The number of thioether (sulfide) groups is 1. The number of benzene rings is 2. The minimum atomic E-state index is 0.450. The van der Waals surface area contributed by atoms with Crippen LogP contribution in [0.15, 0.2) is 53.4 Å². The van der Waals surface area contributed by atoms with Crippen molar-refractivity contribution >= 4 is 11.8 Å². The van der Waals surface area contributed by atoms with Crippen LogP contribution >= 0.6 is 11.8 Å². The van der Waals surface area contributed by atoms with E-state index in [4.69, 9.17) is 0 Å². The van der Waals surface area contributed by atoms with Crippen molar-refractivity contribution in [2.45, 2.75) is 36.0 Å². The van der Waals surface area contributed by atoms with Gasteiger partial charge in [-0.2, -0.15) is 0 Å². The zero-order valence-corrected chi connectivity index (χ0v) is 12.9. The van der Waals surface area contributed by atoms with Gasteiger partial charge in [0, 0.05) is 16.2 Å². The first-order valence-corrected chi connectivity index (χ1v) is 8.14. The molecule has 3 rings (SSSR count). The van der Waals surface area contributed by atoms with Crippen LogP contribution in [0.4, 0.5) is 0 Å². The zero-order valence-electron chi connectivity index (χ0n) is 12.1. The lowest BCUT2D eigenvalue weighted by molar-refractivity contribution is 0.510. The molecule has 2 heteroatoms. The summed E-state index contributed by atoms with van der Waals surface area (Å²) >= 11 is 2.01. The summed E-state index contributed by atoms with van der Waals surface area (Å²) in [6, 6.07) is 18.2. The van der Waals surface area contributed by atoms with Crippen molar-refractivity contribution in [3.63, 3.8) is 0 Å². The van der Waals surface area contributed by atoms with Gasteiger partial charge in [-0.05, 0) is 50.1 Å². The minimum absolute atomic E-state index is 0.450. The first kappa shape index (κ1) is 13.7. The molecule has 1 N–H and O–H groups in total. The average molecular weight is 283 g/mol. The summed E-state index contributed by atoms with van der Waals surface area (Å²) in [6.07, 6.45) is 2.43. The van der Waals surface area contributed by atoms with E-state index in [2.05, 4.69) is 67.8 Å². The summed E-state index contributed by atoms with van der Waals surface area (Å²) in [5, 5.41) is 4.13. The molecule has 2 aromatic rings. The molecule has 0 amide bonds. The van der Waals surface area contributed by atoms with Crippen molar-refractivity contribution in [2.75, 3.05) is 7.05 Å². The molecule has 1 aliphatic carbocycles. The Morgan fingerprint density at radius 1 is 1.05 bits per heavy atom. The highest BCUT2D eigenvalue weighted by Crippen LogP contribution is 2.39. The Bertz CT molecular complexity index is 576. The van der Waals surface area contributed by atoms with E-state index in [-0.39, 0.29) is 0 Å². The Morgan fingerprint density at radius 2 is 1.80 bits per heavy atom. The monoisotopic (exact) mass is 283 g/mol. The molecule has 0 saturated heterocycles. The summed E-state index contributed by atoms with van der Waals surface area (Å²) in [4.78, 5) is 1.38. The molecule has 0 spiro atoms. The summed E-state index contributed by atoms with van der Waals surface area (Å²) in [6.45, 7) is 2.14. The van der Waals surface area contributed by atoms with Crippen LogP contribution in [0.1, 0.15) is 29.2 Å². The van der Waals surface area contributed by atoms with E-state index in [0.29, 0.717) is 11.3 Å². The van der Waals surface area contributed by atoms with Crippen molar-refractivity contribution in [3.05, 3.63) is 65.2 Å². The summed E-state index contributed by atoms with van der Waals surface area (Å²) in [5.41, 5.74) is 4.31. The number of hydrogen-bond donors (Lipinski definition) is 1. The maximum atomic E-state index is 3.52.